The normalized spacial score (nSPS) is 12.0. The van der Waals surface area contributed by atoms with Crippen LogP contribution in [0.3, 0.4) is 0 Å². The van der Waals surface area contributed by atoms with Gasteiger partial charge >= 0.3 is 18.2 Å². The Morgan fingerprint density at radius 1 is 1.17 bits per heavy atom. The molecular formula is C20H30N2O7. The fourth-order valence-electron chi connectivity index (χ4n) is 2.17. The first-order valence-electron chi connectivity index (χ1n) is 9.31. The largest absolute Gasteiger partial charge is 0.480 e. The predicted octanol–water partition coefficient (Wildman–Crippen LogP) is 2.64. The van der Waals surface area contributed by atoms with Crippen molar-refractivity contribution in [1.82, 2.24) is 10.2 Å². The molecule has 1 unspecified atom stereocenters. The summed E-state index contributed by atoms with van der Waals surface area (Å²) in [5.74, 6) is -1.20. The van der Waals surface area contributed by atoms with E-state index in [0.717, 1.165) is 10.5 Å². The van der Waals surface area contributed by atoms with E-state index in [0.29, 0.717) is 13.0 Å². The number of aliphatic carboxylic acids is 1. The van der Waals surface area contributed by atoms with Gasteiger partial charge in [0, 0.05) is 20.2 Å². The van der Waals surface area contributed by atoms with Crippen molar-refractivity contribution in [1.29, 1.82) is 0 Å². The summed E-state index contributed by atoms with van der Waals surface area (Å²) >= 11 is 0. The number of rotatable bonds is 10. The van der Waals surface area contributed by atoms with Crippen molar-refractivity contribution in [2.24, 2.45) is 0 Å². The van der Waals surface area contributed by atoms with Crippen LogP contribution in [0.15, 0.2) is 30.3 Å². The van der Waals surface area contributed by atoms with Gasteiger partial charge in [0.2, 0.25) is 0 Å². The molecule has 9 nitrogen and oxygen atoms in total. The highest BCUT2D eigenvalue weighted by atomic mass is 16.6. The second kappa shape index (κ2) is 11.9. The Labute approximate surface area is 170 Å². The molecule has 0 aliphatic carbocycles. The monoisotopic (exact) mass is 410 g/mol. The Morgan fingerprint density at radius 2 is 1.83 bits per heavy atom. The Bertz CT molecular complexity index is 659. The molecule has 1 atom stereocenters. The number of likely N-dealkylation sites (N-methyl/N-ethyl adjacent to an activating group) is 1. The van der Waals surface area contributed by atoms with Crippen molar-refractivity contribution >= 4 is 18.2 Å². The Morgan fingerprint density at radius 3 is 2.41 bits per heavy atom. The lowest BCUT2D eigenvalue weighted by Crippen LogP contribution is -2.45. The van der Waals surface area contributed by atoms with E-state index in [4.69, 9.17) is 14.2 Å². The van der Waals surface area contributed by atoms with Crippen LogP contribution in [0, 0.1) is 0 Å². The van der Waals surface area contributed by atoms with E-state index in [-0.39, 0.29) is 19.8 Å². The zero-order valence-corrected chi connectivity index (χ0v) is 17.3. The highest BCUT2D eigenvalue weighted by Crippen LogP contribution is 2.07. The van der Waals surface area contributed by atoms with Crippen molar-refractivity contribution in [3.05, 3.63) is 35.9 Å². The highest BCUT2D eigenvalue weighted by molar-refractivity contribution is 5.80. The number of nitrogens with zero attached hydrogens (tertiary/aromatic N) is 1. The fourth-order valence-corrected chi connectivity index (χ4v) is 2.17. The Hall–Kier alpha value is -2.81. The first-order valence-corrected chi connectivity index (χ1v) is 9.31. The number of hydrogen-bond acceptors (Lipinski definition) is 6. The zero-order chi connectivity index (χ0) is 21.9. The standard InChI is InChI=1S/C20H30N2O7/c1-20(2,3)29-18(25)21-11-8-12-27-14-16(17(23)24)22(4)19(26)28-13-15-9-6-5-7-10-15/h5-7,9-10,16H,8,11-14H2,1-4H3,(H,21,25)(H,23,24). The number of carboxylic acids is 1. The van der Waals surface area contributed by atoms with Crippen LogP contribution in [-0.2, 0) is 25.6 Å². The molecule has 2 N–H and O–H groups in total. The molecule has 2 amide bonds. The van der Waals surface area contributed by atoms with E-state index in [1.165, 1.54) is 7.05 Å². The number of nitrogens with one attached hydrogen (secondary N) is 1. The first kappa shape index (κ1) is 24.2. The van der Waals surface area contributed by atoms with Gasteiger partial charge in [0.15, 0.2) is 6.04 Å². The third kappa shape index (κ3) is 10.3. The molecule has 0 aliphatic heterocycles. The summed E-state index contributed by atoms with van der Waals surface area (Å²) in [4.78, 5) is 36.1. The van der Waals surface area contributed by atoms with Gasteiger partial charge in [0.05, 0.1) is 6.61 Å². The molecule has 0 aliphatic rings. The maximum atomic E-state index is 12.1. The number of carbonyl (C=O) groups excluding carboxylic acids is 2. The molecule has 1 aromatic carbocycles. The number of benzene rings is 1. The van der Waals surface area contributed by atoms with E-state index in [9.17, 15) is 19.5 Å². The quantitative estimate of drug-likeness (QED) is 0.570. The molecule has 0 bridgehead atoms. The first-order chi connectivity index (χ1) is 13.6. The average Bonchev–Trinajstić information content (AvgIpc) is 2.64. The molecule has 0 radical (unpaired) electrons. The van der Waals surface area contributed by atoms with Crippen LogP contribution in [0.4, 0.5) is 9.59 Å². The van der Waals surface area contributed by atoms with Gasteiger partial charge in [-0.15, -0.1) is 0 Å². The SMILES string of the molecule is CN(C(=O)OCc1ccccc1)C(COCCCNC(=O)OC(C)(C)C)C(=O)O. The van der Waals surface area contributed by atoms with Crippen LogP contribution in [-0.4, -0.2) is 66.6 Å². The van der Waals surface area contributed by atoms with Gasteiger partial charge in [0.25, 0.3) is 0 Å². The molecule has 162 valence electrons. The molecule has 1 aromatic rings. The summed E-state index contributed by atoms with van der Waals surface area (Å²) in [6.07, 6.45) is -0.813. The third-order valence-electron chi connectivity index (χ3n) is 3.66. The smallest absolute Gasteiger partial charge is 0.410 e. The van der Waals surface area contributed by atoms with Crippen LogP contribution < -0.4 is 5.32 Å². The predicted molar refractivity (Wildman–Crippen MR) is 105 cm³/mol. The maximum absolute atomic E-state index is 12.1. The van der Waals surface area contributed by atoms with Gasteiger partial charge in [0.1, 0.15) is 12.2 Å². The second-order valence-electron chi connectivity index (χ2n) is 7.36. The van der Waals surface area contributed by atoms with Crippen molar-refractivity contribution in [2.45, 2.75) is 45.4 Å². The summed E-state index contributed by atoms with van der Waals surface area (Å²) < 4.78 is 15.6. The van der Waals surface area contributed by atoms with Crippen molar-refractivity contribution in [3.63, 3.8) is 0 Å². The summed E-state index contributed by atoms with van der Waals surface area (Å²) in [6, 6.07) is 7.90. The van der Waals surface area contributed by atoms with Gasteiger partial charge in [-0.1, -0.05) is 30.3 Å². The number of hydrogen-bond donors (Lipinski definition) is 2. The lowest BCUT2D eigenvalue weighted by atomic mass is 10.2. The van der Waals surface area contributed by atoms with Crippen molar-refractivity contribution < 1.29 is 33.7 Å². The Balaban J connectivity index is 2.32. The lowest BCUT2D eigenvalue weighted by molar-refractivity contribution is -0.144. The van der Waals surface area contributed by atoms with Crippen LogP contribution in [0.25, 0.3) is 0 Å². The van der Waals surface area contributed by atoms with Crippen LogP contribution in [0.1, 0.15) is 32.8 Å². The minimum Gasteiger partial charge on any atom is -0.480 e. The topological polar surface area (TPSA) is 114 Å². The number of carboxylic acid groups (broad SMARTS) is 1. The molecule has 0 heterocycles. The summed E-state index contributed by atoms with van der Waals surface area (Å²) in [7, 11) is 1.35. The maximum Gasteiger partial charge on any atom is 0.410 e. The molecule has 9 heteroatoms. The second-order valence-corrected chi connectivity index (χ2v) is 7.36. The van der Waals surface area contributed by atoms with Crippen LogP contribution in [0.2, 0.25) is 0 Å². The molecular weight excluding hydrogens is 380 g/mol. The number of amides is 2. The molecule has 0 aromatic heterocycles. The van der Waals surface area contributed by atoms with Crippen LogP contribution in [0.5, 0.6) is 0 Å². The van der Waals surface area contributed by atoms with Crippen molar-refractivity contribution in [2.75, 3.05) is 26.8 Å². The molecule has 0 saturated carbocycles. The van der Waals surface area contributed by atoms with E-state index < -0.39 is 29.8 Å². The third-order valence-corrected chi connectivity index (χ3v) is 3.66. The number of ether oxygens (including phenoxy) is 3. The van der Waals surface area contributed by atoms with Gasteiger partial charge in [-0.3, -0.25) is 4.90 Å². The van der Waals surface area contributed by atoms with E-state index >= 15 is 0 Å². The molecule has 0 fully saturated rings. The van der Waals surface area contributed by atoms with E-state index in [2.05, 4.69) is 5.32 Å². The highest BCUT2D eigenvalue weighted by Gasteiger charge is 2.28. The lowest BCUT2D eigenvalue weighted by Gasteiger charge is -2.24. The summed E-state index contributed by atoms with van der Waals surface area (Å²) in [6.45, 7) is 5.69. The number of carbonyl (C=O) groups is 3. The van der Waals surface area contributed by atoms with E-state index in [1.807, 2.05) is 18.2 Å². The van der Waals surface area contributed by atoms with Gasteiger partial charge in [-0.05, 0) is 32.8 Å². The molecule has 29 heavy (non-hydrogen) atoms. The van der Waals surface area contributed by atoms with Crippen molar-refractivity contribution in [3.8, 4) is 0 Å². The minimum absolute atomic E-state index is 0.0492. The molecule has 1 rings (SSSR count). The van der Waals surface area contributed by atoms with Gasteiger partial charge in [-0.25, -0.2) is 14.4 Å². The van der Waals surface area contributed by atoms with Gasteiger partial charge < -0.3 is 24.6 Å². The Kier molecular flexibility index (Phi) is 9.94. The fraction of sp³-hybridized carbons (Fsp3) is 0.550. The summed E-state index contributed by atoms with van der Waals surface area (Å²) in [5, 5.41) is 11.9. The molecule has 0 saturated heterocycles. The number of alkyl carbamates (subject to hydrolysis) is 1. The zero-order valence-electron chi connectivity index (χ0n) is 17.3. The minimum atomic E-state index is -1.20. The van der Waals surface area contributed by atoms with E-state index in [1.54, 1.807) is 32.9 Å². The van der Waals surface area contributed by atoms with Crippen LogP contribution >= 0.6 is 0 Å². The van der Waals surface area contributed by atoms with Gasteiger partial charge in [-0.2, -0.15) is 0 Å². The summed E-state index contributed by atoms with van der Waals surface area (Å²) in [5.41, 5.74) is 0.226. The molecule has 0 spiro atoms. The average molecular weight is 410 g/mol.